The second kappa shape index (κ2) is 6.32. The van der Waals surface area contributed by atoms with Crippen LogP contribution in [0, 0.1) is 0 Å². The van der Waals surface area contributed by atoms with Crippen molar-refractivity contribution in [1.82, 2.24) is 9.97 Å². The van der Waals surface area contributed by atoms with Crippen molar-refractivity contribution in [3.05, 3.63) is 12.4 Å². The third-order valence-corrected chi connectivity index (χ3v) is 2.63. The van der Waals surface area contributed by atoms with E-state index in [0.29, 0.717) is 10.9 Å². The number of rotatable bonds is 4. The molecule has 0 fully saturated rings. The van der Waals surface area contributed by atoms with Crippen LogP contribution < -0.4 is 10.6 Å². The van der Waals surface area contributed by atoms with Gasteiger partial charge < -0.3 is 10.6 Å². The fraction of sp³-hybridized carbons (Fsp3) is 0.500. The largest absolute Gasteiger partial charge is 0.378 e. The molecular weight excluding hydrogens is 222 g/mol. The summed E-state index contributed by atoms with van der Waals surface area (Å²) in [5, 5.41) is 0.513. The first-order valence-electron chi connectivity index (χ1n) is 5.16. The van der Waals surface area contributed by atoms with Crippen LogP contribution in [-0.4, -0.2) is 34.5 Å². The smallest absolute Gasteiger partial charge is 0.225 e. The van der Waals surface area contributed by atoms with Crippen LogP contribution in [0.4, 0.5) is 11.6 Å². The average Bonchev–Trinajstić information content (AvgIpc) is 2.32. The molecule has 0 unspecified atom stereocenters. The molecule has 0 amide bonds. The van der Waals surface area contributed by atoms with Crippen molar-refractivity contribution < 1.29 is 0 Å². The lowest BCUT2D eigenvalue weighted by Gasteiger charge is -2.17. The van der Waals surface area contributed by atoms with Crippen LogP contribution in [0.5, 0.6) is 0 Å². The minimum Gasteiger partial charge on any atom is -0.378 e. The van der Waals surface area contributed by atoms with E-state index in [9.17, 15) is 0 Å². The number of nitrogens with two attached hydrogens (primary N) is 1. The minimum atomic E-state index is 0.513. The van der Waals surface area contributed by atoms with E-state index in [0.717, 1.165) is 19.0 Å². The highest BCUT2D eigenvalue weighted by Crippen LogP contribution is 2.13. The summed E-state index contributed by atoms with van der Waals surface area (Å²) >= 11 is 1.40. The van der Waals surface area contributed by atoms with Gasteiger partial charge in [0.15, 0.2) is 5.17 Å². The number of hydrogen-bond acceptors (Lipinski definition) is 5. The Morgan fingerprint density at radius 2 is 1.94 bits per heavy atom. The van der Waals surface area contributed by atoms with E-state index in [1.54, 1.807) is 12.4 Å². The Morgan fingerprint density at radius 3 is 2.38 bits per heavy atom. The predicted molar refractivity (Wildman–Crippen MR) is 70.4 cm³/mol. The van der Waals surface area contributed by atoms with E-state index in [-0.39, 0.29) is 0 Å². The van der Waals surface area contributed by atoms with Crippen molar-refractivity contribution >= 4 is 28.6 Å². The zero-order valence-electron chi connectivity index (χ0n) is 9.84. The quantitative estimate of drug-likeness (QED) is 0.639. The molecule has 0 spiro atoms. The van der Waals surface area contributed by atoms with Crippen LogP contribution >= 0.6 is 11.8 Å². The highest BCUT2D eigenvalue weighted by atomic mass is 32.2. The van der Waals surface area contributed by atoms with Gasteiger partial charge in [-0.3, -0.25) is 0 Å². The molecule has 1 heterocycles. The average molecular weight is 239 g/mol. The Kier molecular flexibility index (Phi) is 5.04. The molecule has 6 heteroatoms. The maximum atomic E-state index is 5.60. The van der Waals surface area contributed by atoms with Crippen LogP contribution in [0.1, 0.15) is 13.8 Å². The first-order valence-corrected chi connectivity index (χ1v) is 6.38. The van der Waals surface area contributed by atoms with Crippen molar-refractivity contribution in [2.24, 2.45) is 10.7 Å². The van der Waals surface area contributed by atoms with Crippen LogP contribution in [-0.2, 0) is 0 Å². The molecule has 0 saturated heterocycles. The Hall–Kier alpha value is -1.30. The molecule has 1 aromatic heterocycles. The molecule has 0 aliphatic rings. The second-order valence-electron chi connectivity index (χ2n) is 3.07. The van der Waals surface area contributed by atoms with E-state index in [1.807, 2.05) is 6.26 Å². The van der Waals surface area contributed by atoms with Gasteiger partial charge in [-0.05, 0) is 20.1 Å². The van der Waals surface area contributed by atoms with Gasteiger partial charge in [-0.25, -0.2) is 15.0 Å². The van der Waals surface area contributed by atoms with Crippen molar-refractivity contribution in [2.45, 2.75) is 13.8 Å². The zero-order chi connectivity index (χ0) is 12.0. The normalized spacial score (nSPS) is 11.6. The molecule has 5 nitrogen and oxygen atoms in total. The molecule has 0 bridgehead atoms. The first-order chi connectivity index (χ1) is 7.71. The first kappa shape index (κ1) is 12.8. The standard InChI is InChI=1S/C10H17N5S/c1-4-15(5-2)10-12-6-8(7-13-10)14-9(11)16-3/h6-7H,4-5H2,1-3H3,(H2,11,14). The van der Waals surface area contributed by atoms with Crippen LogP contribution in [0.3, 0.4) is 0 Å². The Morgan fingerprint density at radius 1 is 1.38 bits per heavy atom. The van der Waals surface area contributed by atoms with Crippen molar-refractivity contribution in [2.75, 3.05) is 24.2 Å². The zero-order valence-corrected chi connectivity index (χ0v) is 10.7. The van der Waals surface area contributed by atoms with Gasteiger partial charge in [0.1, 0.15) is 5.69 Å². The number of thioether (sulfide) groups is 1. The minimum absolute atomic E-state index is 0.513. The molecule has 0 saturated carbocycles. The maximum Gasteiger partial charge on any atom is 0.225 e. The molecule has 0 aromatic carbocycles. The van der Waals surface area contributed by atoms with Gasteiger partial charge in [0.25, 0.3) is 0 Å². The molecule has 0 radical (unpaired) electrons. The number of hydrogen-bond donors (Lipinski definition) is 1. The molecule has 1 aromatic rings. The summed E-state index contributed by atoms with van der Waals surface area (Å²) in [6, 6.07) is 0. The lowest BCUT2D eigenvalue weighted by molar-refractivity contribution is 0.821. The maximum absolute atomic E-state index is 5.60. The molecule has 16 heavy (non-hydrogen) atoms. The van der Waals surface area contributed by atoms with Crippen LogP contribution in [0.25, 0.3) is 0 Å². The monoisotopic (exact) mass is 239 g/mol. The molecule has 2 N–H and O–H groups in total. The summed E-state index contributed by atoms with van der Waals surface area (Å²) in [5.41, 5.74) is 6.29. The third-order valence-electron chi connectivity index (χ3n) is 2.12. The Balaban J connectivity index is 2.82. The van der Waals surface area contributed by atoms with Gasteiger partial charge in [-0.15, -0.1) is 0 Å². The highest BCUT2D eigenvalue weighted by Gasteiger charge is 2.04. The van der Waals surface area contributed by atoms with Gasteiger partial charge in [0, 0.05) is 13.1 Å². The van der Waals surface area contributed by atoms with E-state index < -0.39 is 0 Å². The van der Waals surface area contributed by atoms with Crippen molar-refractivity contribution in [3.63, 3.8) is 0 Å². The van der Waals surface area contributed by atoms with Crippen molar-refractivity contribution in [3.8, 4) is 0 Å². The number of aliphatic imine (C=N–C) groups is 1. The van der Waals surface area contributed by atoms with Crippen LogP contribution in [0.2, 0.25) is 0 Å². The van der Waals surface area contributed by atoms with Gasteiger partial charge in [-0.2, -0.15) is 0 Å². The lowest BCUT2D eigenvalue weighted by atomic mass is 10.5. The van der Waals surface area contributed by atoms with E-state index >= 15 is 0 Å². The molecule has 1 rings (SSSR count). The molecule has 0 aliphatic carbocycles. The predicted octanol–water partition coefficient (Wildman–Crippen LogP) is 1.63. The van der Waals surface area contributed by atoms with Gasteiger partial charge in [-0.1, -0.05) is 11.8 Å². The summed E-state index contributed by atoms with van der Waals surface area (Å²) in [6.45, 7) is 5.94. The third kappa shape index (κ3) is 3.37. The van der Waals surface area contributed by atoms with E-state index in [2.05, 4.69) is 33.7 Å². The summed E-state index contributed by atoms with van der Waals surface area (Å²) in [5.74, 6) is 0.728. The number of nitrogens with zero attached hydrogens (tertiary/aromatic N) is 4. The lowest BCUT2D eigenvalue weighted by Crippen LogP contribution is -2.23. The summed E-state index contributed by atoms with van der Waals surface area (Å²) < 4.78 is 0. The summed E-state index contributed by atoms with van der Waals surface area (Å²) in [7, 11) is 0. The van der Waals surface area contributed by atoms with Gasteiger partial charge in [0.2, 0.25) is 5.95 Å². The van der Waals surface area contributed by atoms with E-state index in [4.69, 9.17) is 5.73 Å². The second-order valence-corrected chi connectivity index (χ2v) is 3.89. The molecule has 0 atom stereocenters. The number of amidine groups is 1. The van der Waals surface area contributed by atoms with Gasteiger partial charge >= 0.3 is 0 Å². The summed E-state index contributed by atoms with van der Waals surface area (Å²) in [6.07, 6.45) is 5.25. The number of aromatic nitrogens is 2. The van der Waals surface area contributed by atoms with Crippen LogP contribution in [0.15, 0.2) is 17.4 Å². The fourth-order valence-electron chi connectivity index (χ4n) is 1.21. The topological polar surface area (TPSA) is 67.4 Å². The number of anilines is 1. The van der Waals surface area contributed by atoms with Crippen molar-refractivity contribution in [1.29, 1.82) is 0 Å². The fourth-order valence-corrected chi connectivity index (χ4v) is 1.41. The molecule has 88 valence electrons. The highest BCUT2D eigenvalue weighted by molar-refractivity contribution is 8.13. The molecule has 0 aliphatic heterocycles. The van der Waals surface area contributed by atoms with E-state index in [1.165, 1.54) is 11.8 Å². The van der Waals surface area contributed by atoms with Gasteiger partial charge in [0.05, 0.1) is 12.4 Å². The SMILES string of the molecule is CCN(CC)c1ncc(N=C(N)SC)cn1. The Bertz CT molecular complexity index is 345. The molecular formula is C10H17N5S. The Labute approximate surface area is 100 Å². The summed E-state index contributed by atoms with van der Waals surface area (Å²) in [4.78, 5) is 14.7.